The predicted octanol–water partition coefficient (Wildman–Crippen LogP) is 3.60. The lowest BCUT2D eigenvalue weighted by Crippen LogP contribution is -2.23. The fraction of sp³-hybridized carbons (Fsp3) is 0.538. The van der Waals surface area contributed by atoms with Crippen molar-refractivity contribution in [1.29, 1.82) is 0 Å². The summed E-state index contributed by atoms with van der Waals surface area (Å²) < 4.78 is 1.07. The second-order valence-electron chi connectivity index (χ2n) is 4.56. The molecule has 17 heavy (non-hydrogen) atoms. The minimum atomic E-state index is -0.232. The molecule has 0 saturated heterocycles. The zero-order valence-corrected chi connectivity index (χ0v) is 12.6. The van der Waals surface area contributed by atoms with E-state index in [-0.39, 0.29) is 6.10 Å². The van der Waals surface area contributed by atoms with Crippen LogP contribution >= 0.6 is 27.5 Å². The van der Waals surface area contributed by atoms with E-state index in [1.807, 2.05) is 25.1 Å². The summed E-state index contributed by atoms with van der Waals surface area (Å²) in [5, 5.41) is 13.4. The van der Waals surface area contributed by atoms with Crippen LogP contribution in [0.4, 0.5) is 0 Å². The Hall–Kier alpha value is -0.0900. The summed E-state index contributed by atoms with van der Waals surface area (Å²) >= 11 is 9.44. The average molecular weight is 321 g/mol. The molecule has 1 aromatic rings. The van der Waals surface area contributed by atoms with Crippen LogP contribution in [0.5, 0.6) is 0 Å². The number of benzene rings is 1. The third-order valence-electron chi connectivity index (χ3n) is 2.56. The summed E-state index contributed by atoms with van der Waals surface area (Å²) in [7, 11) is 0. The van der Waals surface area contributed by atoms with E-state index in [1.165, 1.54) is 0 Å². The van der Waals surface area contributed by atoms with Gasteiger partial charge in [0.05, 0.1) is 6.10 Å². The summed E-state index contributed by atoms with van der Waals surface area (Å²) in [6.45, 7) is 5.63. The molecule has 0 fully saturated rings. The highest BCUT2D eigenvalue weighted by Crippen LogP contribution is 2.21. The fourth-order valence-corrected chi connectivity index (χ4v) is 2.38. The molecule has 0 saturated carbocycles. The first kappa shape index (κ1) is 15.0. The van der Waals surface area contributed by atoms with Crippen molar-refractivity contribution in [2.45, 2.75) is 32.9 Å². The van der Waals surface area contributed by atoms with E-state index < -0.39 is 0 Å². The van der Waals surface area contributed by atoms with Crippen molar-refractivity contribution in [2.24, 2.45) is 5.92 Å². The Morgan fingerprint density at radius 3 is 2.76 bits per heavy atom. The zero-order chi connectivity index (χ0) is 12.8. The number of rotatable bonds is 6. The van der Waals surface area contributed by atoms with Crippen LogP contribution in [0.25, 0.3) is 0 Å². The Kier molecular flexibility index (Phi) is 6.49. The van der Waals surface area contributed by atoms with Crippen LogP contribution in [0.1, 0.15) is 25.8 Å². The average Bonchev–Trinajstić information content (AvgIpc) is 2.22. The lowest BCUT2D eigenvalue weighted by atomic mass is 10.0. The SMILES string of the molecule is CC(O)CC(C)CNCc1cc(Cl)ccc1Br. The van der Waals surface area contributed by atoms with Gasteiger partial charge in [-0.25, -0.2) is 0 Å². The number of hydrogen-bond donors (Lipinski definition) is 2. The van der Waals surface area contributed by atoms with Crippen LogP contribution in [-0.2, 0) is 6.54 Å². The highest BCUT2D eigenvalue weighted by Gasteiger charge is 2.06. The van der Waals surface area contributed by atoms with E-state index in [0.717, 1.165) is 34.6 Å². The first-order valence-corrected chi connectivity index (χ1v) is 6.99. The molecule has 0 amide bonds. The van der Waals surface area contributed by atoms with Gasteiger partial charge in [-0.3, -0.25) is 0 Å². The van der Waals surface area contributed by atoms with E-state index >= 15 is 0 Å². The van der Waals surface area contributed by atoms with E-state index in [0.29, 0.717) is 5.92 Å². The molecule has 0 radical (unpaired) electrons. The Labute approximate surface area is 117 Å². The molecule has 0 bridgehead atoms. The van der Waals surface area contributed by atoms with Crippen molar-refractivity contribution in [2.75, 3.05) is 6.54 Å². The molecule has 0 aliphatic carbocycles. The smallest absolute Gasteiger partial charge is 0.0515 e. The Balaban J connectivity index is 2.38. The molecule has 0 aromatic heterocycles. The van der Waals surface area contributed by atoms with Crippen molar-refractivity contribution in [3.8, 4) is 0 Å². The Morgan fingerprint density at radius 1 is 1.41 bits per heavy atom. The van der Waals surface area contributed by atoms with Crippen molar-refractivity contribution < 1.29 is 5.11 Å². The van der Waals surface area contributed by atoms with Crippen LogP contribution in [-0.4, -0.2) is 17.8 Å². The summed E-state index contributed by atoms with van der Waals surface area (Å²) in [6.07, 6.45) is 0.591. The number of nitrogens with one attached hydrogen (secondary N) is 1. The molecular formula is C13H19BrClNO. The standard InChI is InChI=1S/C13H19BrClNO/c1-9(5-10(2)17)7-16-8-11-6-12(15)3-4-13(11)14/h3-4,6,9-10,16-17H,5,7-8H2,1-2H3. The van der Waals surface area contributed by atoms with Gasteiger partial charge < -0.3 is 10.4 Å². The minimum absolute atomic E-state index is 0.232. The second kappa shape index (κ2) is 7.37. The van der Waals surface area contributed by atoms with Gasteiger partial charge in [0.2, 0.25) is 0 Å². The molecule has 0 aliphatic rings. The Bertz CT molecular complexity index is 357. The molecular weight excluding hydrogens is 302 g/mol. The van der Waals surface area contributed by atoms with Gasteiger partial charge in [-0.1, -0.05) is 34.5 Å². The van der Waals surface area contributed by atoms with Gasteiger partial charge >= 0.3 is 0 Å². The predicted molar refractivity (Wildman–Crippen MR) is 76.3 cm³/mol. The molecule has 2 atom stereocenters. The topological polar surface area (TPSA) is 32.3 Å². The van der Waals surface area contributed by atoms with Gasteiger partial charge in [0, 0.05) is 16.0 Å². The maximum Gasteiger partial charge on any atom is 0.0515 e. The van der Waals surface area contributed by atoms with Crippen molar-refractivity contribution in [1.82, 2.24) is 5.32 Å². The van der Waals surface area contributed by atoms with Gasteiger partial charge in [-0.15, -0.1) is 0 Å². The number of aliphatic hydroxyl groups is 1. The van der Waals surface area contributed by atoms with E-state index in [2.05, 4.69) is 28.2 Å². The summed E-state index contributed by atoms with van der Waals surface area (Å²) in [4.78, 5) is 0. The third kappa shape index (κ3) is 5.87. The monoisotopic (exact) mass is 319 g/mol. The minimum Gasteiger partial charge on any atom is -0.393 e. The van der Waals surface area contributed by atoms with Crippen molar-refractivity contribution >= 4 is 27.5 Å². The fourth-order valence-electron chi connectivity index (χ4n) is 1.80. The van der Waals surface area contributed by atoms with Gasteiger partial charge in [-0.2, -0.15) is 0 Å². The lowest BCUT2D eigenvalue weighted by molar-refractivity contribution is 0.163. The number of hydrogen-bond acceptors (Lipinski definition) is 2. The molecule has 2 unspecified atom stereocenters. The van der Waals surface area contributed by atoms with E-state index in [1.54, 1.807) is 0 Å². The molecule has 4 heteroatoms. The van der Waals surface area contributed by atoms with Crippen LogP contribution in [0, 0.1) is 5.92 Å². The van der Waals surface area contributed by atoms with Gasteiger partial charge in [0.25, 0.3) is 0 Å². The quantitative estimate of drug-likeness (QED) is 0.839. The third-order valence-corrected chi connectivity index (χ3v) is 3.57. The molecule has 96 valence electrons. The van der Waals surface area contributed by atoms with Crippen LogP contribution < -0.4 is 5.32 Å². The lowest BCUT2D eigenvalue weighted by Gasteiger charge is -2.14. The molecule has 0 spiro atoms. The Morgan fingerprint density at radius 2 is 2.12 bits per heavy atom. The maximum atomic E-state index is 9.27. The van der Waals surface area contributed by atoms with Gasteiger partial charge in [-0.05, 0) is 49.6 Å². The molecule has 1 aromatic carbocycles. The van der Waals surface area contributed by atoms with Crippen LogP contribution in [0.2, 0.25) is 5.02 Å². The first-order chi connectivity index (χ1) is 7.99. The first-order valence-electron chi connectivity index (χ1n) is 5.81. The van der Waals surface area contributed by atoms with E-state index in [4.69, 9.17) is 11.6 Å². The van der Waals surface area contributed by atoms with Crippen LogP contribution in [0.3, 0.4) is 0 Å². The van der Waals surface area contributed by atoms with Gasteiger partial charge in [0.15, 0.2) is 0 Å². The molecule has 0 aliphatic heterocycles. The second-order valence-corrected chi connectivity index (χ2v) is 5.85. The molecule has 0 heterocycles. The highest BCUT2D eigenvalue weighted by molar-refractivity contribution is 9.10. The summed E-state index contributed by atoms with van der Waals surface area (Å²) in [5.74, 6) is 0.466. The van der Waals surface area contributed by atoms with Crippen molar-refractivity contribution in [3.63, 3.8) is 0 Å². The summed E-state index contributed by atoms with van der Waals surface area (Å²) in [6, 6.07) is 5.78. The van der Waals surface area contributed by atoms with Crippen LogP contribution in [0.15, 0.2) is 22.7 Å². The molecule has 2 nitrogen and oxygen atoms in total. The van der Waals surface area contributed by atoms with Crippen molar-refractivity contribution in [3.05, 3.63) is 33.3 Å². The molecule has 2 N–H and O–H groups in total. The van der Waals surface area contributed by atoms with E-state index in [9.17, 15) is 5.11 Å². The molecule has 1 rings (SSSR count). The normalized spacial score (nSPS) is 14.6. The number of halogens is 2. The van der Waals surface area contributed by atoms with Gasteiger partial charge in [0.1, 0.15) is 0 Å². The zero-order valence-electron chi connectivity index (χ0n) is 10.2. The summed E-state index contributed by atoms with van der Waals surface area (Å²) in [5.41, 5.74) is 1.15. The number of aliphatic hydroxyl groups excluding tert-OH is 1. The highest BCUT2D eigenvalue weighted by atomic mass is 79.9. The maximum absolute atomic E-state index is 9.27. The largest absolute Gasteiger partial charge is 0.393 e.